The highest BCUT2D eigenvalue weighted by molar-refractivity contribution is 14.0. The Bertz CT molecular complexity index is 426. The smallest absolute Gasteiger partial charge is 0.191 e. The minimum Gasteiger partial charge on any atom is -0.491 e. The van der Waals surface area contributed by atoms with Gasteiger partial charge in [0.05, 0.1) is 6.54 Å². The third kappa shape index (κ3) is 6.27. The van der Waals surface area contributed by atoms with E-state index in [2.05, 4.69) is 48.2 Å². The summed E-state index contributed by atoms with van der Waals surface area (Å²) in [7, 11) is 1.74. The summed E-state index contributed by atoms with van der Waals surface area (Å²) < 4.78 is 5.80. The molecular formula is C15H24IN3O. The Morgan fingerprint density at radius 1 is 1.30 bits per heavy atom. The van der Waals surface area contributed by atoms with Crippen LogP contribution in [0.1, 0.15) is 11.1 Å². The molecule has 1 aromatic carbocycles. The van der Waals surface area contributed by atoms with Crippen molar-refractivity contribution >= 4 is 29.9 Å². The highest BCUT2D eigenvalue weighted by Crippen LogP contribution is 2.21. The maximum absolute atomic E-state index is 5.80. The molecule has 0 aromatic heterocycles. The Hall–Kier alpha value is -1.24. The number of aryl methyl sites for hydroxylation is 2. The molecule has 1 rings (SSSR count). The van der Waals surface area contributed by atoms with Crippen molar-refractivity contribution in [2.24, 2.45) is 4.99 Å². The molecule has 0 bridgehead atoms. The van der Waals surface area contributed by atoms with Gasteiger partial charge in [-0.3, -0.25) is 4.99 Å². The number of hydrogen-bond donors (Lipinski definition) is 2. The van der Waals surface area contributed by atoms with Crippen LogP contribution >= 0.6 is 24.0 Å². The molecule has 1 aromatic rings. The van der Waals surface area contributed by atoms with Crippen molar-refractivity contribution in [3.05, 3.63) is 42.0 Å². The SMILES string of the molecule is C=CCNC(=NC)NCCOc1c(C)cccc1C.I. The minimum atomic E-state index is 0. The molecule has 0 fully saturated rings. The van der Waals surface area contributed by atoms with Gasteiger partial charge in [0, 0.05) is 13.6 Å². The van der Waals surface area contributed by atoms with Gasteiger partial charge in [0.2, 0.25) is 0 Å². The van der Waals surface area contributed by atoms with Crippen LogP contribution in [-0.4, -0.2) is 32.7 Å². The number of benzene rings is 1. The standard InChI is InChI=1S/C15H23N3O.HI/c1-5-9-17-15(16-4)18-10-11-19-14-12(2)7-6-8-13(14)3;/h5-8H,1,9-11H2,2-4H3,(H2,16,17,18);1H. The first kappa shape index (κ1) is 18.8. The van der Waals surface area contributed by atoms with E-state index in [-0.39, 0.29) is 24.0 Å². The van der Waals surface area contributed by atoms with Crippen molar-refractivity contribution in [2.45, 2.75) is 13.8 Å². The predicted octanol–water partition coefficient (Wildman–Crippen LogP) is 2.65. The summed E-state index contributed by atoms with van der Waals surface area (Å²) in [5.74, 6) is 1.73. The van der Waals surface area contributed by atoms with Gasteiger partial charge in [-0.15, -0.1) is 30.6 Å². The van der Waals surface area contributed by atoms with E-state index in [9.17, 15) is 0 Å². The van der Waals surface area contributed by atoms with Gasteiger partial charge in [-0.25, -0.2) is 0 Å². The molecule has 2 N–H and O–H groups in total. The van der Waals surface area contributed by atoms with E-state index in [1.807, 2.05) is 6.07 Å². The molecule has 0 radical (unpaired) electrons. The zero-order chi connectivity index (χ0) is 14.1. The zero-order valence-corrected chi connectivity index (χ0v) is 14.7. The van der Waals surface area contributed by atoms with Gasteiger partial charge in [0.25, 0.3) is 0 Å². The number of hydrogen-bond acceptors (Lipinski definition) is 2. The first-order valence-electron chi connectivity index (χ1n) is 6.43. The Balaban J connectivity index is 0.00000361. The normalized spacial score (nSPS) is 10.4. The summed E-state index contributed by atoms with van der Waals surface area (Å²) in [5, 5.41) is 6.29. The van der Waals surface area contributed by atoms with E-state index in [4.69, 9.17) is 4.74 Å². The van der Waals surface area contributed by atoms with Crippen LogP contribution in [0.2, 0.25) is 0 Å². The van der Waals surface area contributed by atoms with Crippen LogP contribution < -0.4 is 15.4 Å². The summed E-state index contributed by atoms with van der Waals surface area (Å²) in [6, 6.07) is 6.15. The Kier molecular flexibility index (Phi) is 9.88. The topological polar surface area (TPSA) is 45.7 Å². The fourth-order valence-electron chi connectivity index (χ4n) is 1.74. The molecule has 112 valence electrons. The lowest BCUT2D eigenvalue weighted by atomic mass is 10.1. The van der Waals surface area contributed by atoms with E-state index >= 15 is 0 Å². The fourth-order valence-corrected chi connectivity index (χ4v) is 1.74. The Morgan fingerprint density at radius 3 is 2.50 bits per heavy atom. The molecule has 0 saturated heterocycles. The molecule has 0 aliphatic rings. The lowest BCUT2D eigenvalue weighted by molar-refractivity contribution is 0.317. The molecule has 5 heteroatoms. The molecule has 0 aliphatic carbocycles. The van der Waals surface area contributed by atoms with Gasteiger partial charge in [-0.1, -0.05) is 24.3 Å². The average molecular weight is 389 g/mol. The number of halogens is 1. The highest BCUT2D eigenvalue weighted by Gasteiger charge is 2.02. The van der Waals surface area contributed by atoms with Crippen molar-refractivity contribution in [1.82, 2.24) is 10.6 Å². The van der Waals surface area contributed by atoms with Crippen molar-refractivity contribution < 1.29 is 4.74 Å². The lowest BCUT2D eigenvalue weighted by Gasteiger charge is -2.14. The van der Waals surface area contributed by atoms with Crippen LogP contribution in [0.3, 0.4) is 0 Å². The number of nitrogens with one attached hydrogen (secondary N) is 2. The van der Waals surface area contributed by atoms with Gasteiger partial charge in [-0.2, -0.15) is 0 Å². The highest BCUT2D eigenvalue weighted by atomic mass is 127. The maximum Gasteiger partial charge on any atom is 0.191 e. The first-order valence-corrected chi connectivity index (χ1v) is 6.43. The average Bonchev–Trinajstić information content (AvgIpc) is 2.40. The third-order valence-corrected chi connectivity index (χ3v) is 2.69. The van der Waals surface area contributed by atoms with Crippen LogP contribution in [0, 0.1) is 13.8 Å². The van der Waals surface area contributed by atoms with Crippen LogP contribution in [0.4, 0.5) is 0 Å². The molecule has 0 atom stereocenters. The second-order valence-corrected chi connectivity index (χ2v) is 4.24. The predicted molar refractivity (Wildman–Crippen MR) is 96.4 cm³/mol. The van der Waals surface area contributed by atoms with Gasteiger partial charge in [0.1, 0.15) is 12.4 Å². The van der Waals surface area contributed by atoms with Gasteiger partial charge in [-0.05, 0) is 25.0 Å². The number of para-hydroxylation sites is 1. The number of rotatable bonds is 6. The third-order valence-electron chi connectivity index (χ3n) is 2.69. The van der Waals surface area contributed by atoms with Crippen molar-refractivity contribution in [1.29, 1.82) is 0 Å². The molecule has 0 saturated carbocycles. The fraction of sp³-hybridized carbons (Fsp3) is 0.400. The molecule has 0 spiro atoms. The van der Waals surface area contributed by atoms with Crippen LogP contribution in [0.5, 0.6) is 5.75 Å². The maximum atomic E-state index is 5.80. The quantitative estimate of drug-likeness (QED) is 0.259. The van der Waals surface area contributed by atoms with E-state index in [0.717, 1.165) is 22.8 Å². The van der Waals surface area contributed by atoms with E-state index in [1.165, 1.54) is 0 Å². The summed E-state index contributed by atoms with van der Waals surface area (Å²) in [4.78, 5) is 4.10. The zero-order valence-electron chi connectivity index (χ0n) is 12.4. The number of guanidine groups is 1. The molecular weight excluding hydrogens is 365 g/mol. The van der Waals surface area contributed by atoms with Crippen molar-refractivity contribution in [2.75, 3.05) is 26.7 Å². The monoisotopic (exact) mass is 389 g/mol. The van der Waals surface area contributed by atoms with Crippen molar-refractivity contribution in [3.63, 3.8) is 0 Å². The molecule has 0 heterocycles. The first-order chi connectivity index (χ1) is 9.19. The van der Waals surface area contributed by atoms with Gasteiger partial charge < -0.3 is 15.4 Å². The summed E-state index contributed by atoms with van der Waals surface area (Å²) in [5.41, 5.74) is 2.32. The second kappa shape index (κ2) is 10.5. The Labute approximate surface area is 138 Å². The number of aliphatic imine (C=N–C) groups is 1. The van der Waals surface area contributed by atoms with Gasteiger partial charge >= 0.3 is 0 Å². The van der Waals surface area contributed by atoms with Crippen molar-refractivity contribution in [3.8, 4) is 5.75 Å². The minimum absolute atomic E-state index is 0. The number of nitrogens with zero attached hydrogens (tertiary/aromatic N) is 1. The van der Waals surface area contributed by atoms with Crippen LogP contribution in [-0.2, 0) is 0 Å². The molecule has 20 heavy (non-hydrogen) atoms. The largest absolute Gasteiger partial charge is 0.491 e. The second-order valence-electron chi connectivity index (χ2n) is 4.24. The number of ether oxygens (including phenoxy) is 1. The molecule has 0 amide bonds. The van der Waals surface area contributed by atoms with Crippen LogP contribution in [0.25, 0.3) is 0 Å². The van der Waals surface area contributed by atoms with Gasteiger partial charge in [0.15, 0.2) is 5.96 Å². The Morgan fingerprint density at radius 2 is 1.95 bits per heavy atom. The molecule has 4 nitrogen and oxygen atoms in total. The molecule has 0 unspecified atom stereocenters. The summed E-state index contributed by atoms with van der Waals surface area (Å²) in [6.45, 7) is 9.75. The lowest BCUT2D eigenvalue weighted by Crippen LogP contribution is -2.39. The van der Waals surface area contributed by atoms with Crippen LogP contribution in [0.15, 0.2) is 35.8 Å². The van der Waals surface area contributed by atoms with E-state index in [0.29, 0.717) is 19.7 Å². The van der Waals surface area contributed by atoms with E-state index < -0.39 is 0 Å². The van der Waals surface area contributed by atoms with E-state index in [1.54, 1.807) is 13.1 Å². The summed E-state index contributed by atoms with van der Waals surface area (Å²) >= 11 is 0. The molecule has 0 aliphatic heterocycles. The summed E-state index contributed by atoms with van der Waals surface area (Å²) in [6.07, 6.45) is 1.79.